The van der Waals surface area contributed by atoms with Crippen molar-refractivity contribution in [3.05, 3.63) is 0 Å². The largest absolute Gasteiger partial charge is 0.353 e. The lowest BCUT2D eigenvalue weighted by atomic mass is 9.99. The van der Waals surface area contributed by atoms with Gasteiger partial charge in [0.2, 0.25) is 5.91 Å². The fraction of sp³-hybridized carbons (Fsp3) is 0.909. The molecule has 4 nitrogen and oxygen atoms in total. The SMILES string of the molecule is CC(C)NCCN1CCNC(=O)C1(C)C. The Labute approximate surface area is 92.4 Å². The molecule has 1 rings (SSSR count). The molecule has 0 unspecified atom stereocenters. The average molecular weight is 213 g/mol. The van der Waals surface area contributed by atoms with Crippen LogP contribution in [0.25, 0.3) is 0 Å². The predicted octanol–water partition coefficient (Wildman–Crippen LogP) is 0.195. The monoisotopic (exact) mass is 213 g/mol. The number of hydrogen-bond acceptors (Lipinski definition) is 3. The lowest BCUT2D eigenvalue weighted by Crippen LogP contribution is -2.62. The van der Waals surface area contributed by atoms with Gasteiger partial charge in [0.1, 0.15) is 0 Å². The van der Waals surface area contributed by atoms with Gasteiger partial charge in [-0.15, -0.1) is 0 Å². The van der Waals surface area contributed by atoms with Crippen LogP contribution < -0.4 is 10.6 Å². The molecule has 1 fully saturated rings. The van der Waals surface area contributed by atoms with Crippen LogP contribution in [0.2, 0.25) is 0 Å². The normalized spacial score (nSPS) is 21.8. The van der Waals surface area contributed by atoms with Crippen LogP contribution in [0.3, 0.4) is 0 Å². The fourth-order valence-electron chi connectivity index (χ4n) is 1.82. The van der Waals surface area contributed by atoms with Gasteiger partial charge in [-0.3, -0.25) is 9.69 Å². The molecule has 0 atom stereocenters. The first-order valence-electron chi connectivity index (χ1n) is 5.71. The third-order valence-electron chi connectivity index (χ3n) is 2.95. The highest BCUT2D eigenvalue weighted by Crippen LogP contribution is 2.16. The average Bonchev–Trinajstić information content (AvgIpc) is 2.12. The zero-order valence-corrected chi connectivity index (χ0v) is 10.3. The molecule has 0 bridgehead atoms. The smallest absolute Gasteiger partial charge is 0.239 e. The van der Waals surface area contributed by atoms with Crippen molar-refractivity contribution in [2.24, 2.45) is 0 Å². The summed E-state index contributed by atoms with van der Waals surface area (Å²) in [4.78, 5) is 13.9. The first-order chi connectivity index (χ1) is 6.94. The van der Waals surface area contributed by atoms with E-state index in [-0.39, 0.29) is 11.4 Å². The maximum absolute atomic E-state index is 11.7. The van der Waals surface area contributed by atoms with Gasteiger partial charge in [-0.05, 0) is 13.8 Å². The van der Waals surface area contributed by atoms with Crippen molar-refractivity contribution in [1.82, 2.24) is 15.5 Å². The molecular formula is C11H23N3O. The zero-order valence-electron chi connectivity index (χ0n) is 10.3. The van der Waals surface area contributed by atoms with Crippen molar-refractivity contribution in [3.63, 3.8) is 0 Å². The van der Waals surface area contributed by atoms with Crippen molar-refractivity contribution < 1.29 is 4.79 Å². The van der Waals surface area contributed by atoms with E-state index in [1.807, 2.05) is 13.8 Å². The molecule has 0 aromatic heterocycles. The Morgan fingerprint density at radius 1 is 1.53 bits per heavy atom. The number of nitrogens with one attached hydrogen (secondary N) is 2. The summed E-state index contributed by atoms with van der Waals surface area (Å²) in [6.45, 7) is 11.8. The summed E-state index contributed by atoms with van der Waals surface area (Å²) in [7, 11) is 0. The minimum absolute atomic E-state index is 0.137. The molecular weight excluding hydrogens is 190 g/mol. The van der Waals surface area contributed by atoms with E-state index in [9.17, 15) is 4.79 Å². The van der Waals surface area contributed by atoms with Gasteiger partial charge in [0.05, 0.1) is 5.54 Å². The molecule has 0 radical (unpaired) electrons. The standard InChI is InChI=1S/C11H23N3O/c1-9(2)12-5-7-14-8-6-13-10(15)11(14,3)4/h9,12H,5-8H2,1-4H3,(H,13,15). The number of piperazine rings is 1. The van der Waals surface area contributed by atoms with Gasteiger partial charge >= 0.3 is 0 Å². The quantitative estimate of drug-likeness (QED) is 0.701. The van der Waals surface area contributed by atoms with Crippen LogP contribution in [0.15, 0.2) is 0 Å². The molecule has 1 saturated heterocycles. The van der Waals surface area contributed by atoms with Gasteiger partial charge in [-0.2, -0.15) is 0 Å². The van der Waals surface area contributed by atoms with Gasteiger partial charge in [0.15, 0.2) is 0 Å². The molecule has 2 N–H and O–H groups in total. The summed E-state index contributed by atoms with van der Waals surface area (Å²) in [5.74, 6) is 0.137. The molecule has 0 aromatic rings. The molecule has 1 aliphatic heterocycles. The van der Waals surface area contributed by atoms with Gasteiger partial charge in [0, 0.05) is 32.2 Å². The Balaban J connectivity index is 2.42. The van der Waals surface area contributed by atoms with Crippen LogP contribution in [0.4, 0.5) is 0 Å². The summed E-state index contributed by atoms with van der Waals surface area (Å²) in [6, 6.07) is 0.506. The van der Waals surface area contributed by atoms with Crippen LogP contribution in [0, 0.1) is 0 Å². The Morgan fingerprint density at radius 2 is 2.20 bits per heavy atom. The van der Waals surface area contributed by atoms with E-state index in [0.29, 0.717) is 6.04 Å². The maximum Gasteiger partial charge on any atom is 0.239 e. The van der Waals surface area contributed by atoms with E-state index >= 15 is 0 Å². The van der Waals surface area contributed by atoms with Crippen LogP contribution in [0.1, 0.15) is 27.7 Å². The highest BCUT2D eigenvalue weighted by atomic mass is 16.2. The zero-order chi connectivity index (χ0) is 11.5. The maximum atomic E-state index is 11.7. The Bertz CT molecular complexity index is 226. The second kappa shape index (κ2) is 4.94. The number of nitrogens with zero attached hydrogens (tertiary/aromatic N) is 1. The van der Waals surface area contributed by atoms with Crippen molar-refractivity contribution in [1.29, 1.82) is 0 Å². The molecule has 0 aromatic carbocycles. The molecule has 0 saturated carbocycles. The molecule has 4 heteroatoms. The van der Waals surface area contributed by atoms with E-state index < -0.39 is 0 Å². The Kier molecular flexibility index (Phi) is 4.11. The number of amides is 1. The number of hydrogen-bond donors (Lipinski definition) is 2. The van der Waals surface area contributed by atoms with Crippen molar-refractivity contribution in [2.75, 3.05) is 26.2 Å². The minimum Gasteiger partial charge on any atom is -0.353 e. The Hall–Kier alpha value is -0.610. The van der Waals surface area contributed by atoms with E-state index in [2.05, 4.69) is 29.4 Å². The van der Waals surface area contributed by atoms with Crippen LogP contribution in [0.5, 0.6) is 0 Å². The van der Waals surface area contributed by atoms with E-state index in [1.54, 1.807) is 0 Å². The third kappa shape index (κ3) is 3.18. The molecule has 1 amide bonds. The summed E-state index contributed by atoms with van der Waals surface area (Å²) in [5.41, 5.74) is -0.364. The molecule has 88 valence electrons. The van der Waals surface area contributed by atoms with Gasteiger partial charge < -0.3 is 10.6 Å². The molecule has 0 spiro atoms. The van der Waals surface area contributed by atoms with Crippen molar-refractivity contribution in [3.8, 4) is 0 Å². The molecule has 0 aliphatic carbocycles. The summed E-state index contributed by atoms with van der Waals surface area (Å²) in [5, 5.41) is 6.27. The topological polar surface area (TPSA) is 44.4 Å². The first kappa shape index (κ1) is 12.5. The minimum atomic E-state index is -0.364. The molecule has 15 heavy (non-hydrogen) atoms. The van der Waals surface area contributed by atoms with Gasteiger partial charge in [0.25, 0.3) is 0 Å². The highest BCUT2D eigenvalue weighted by molar-refractivity contribution is 5.86. The number of carbonyl (C=O) groups is 1. The second-order valence-electron chi connectivity index (χ2n) is 4.91. The van der Waals surface area contributed by atoms with Crippen molar-refractivity contribution in [2.45, 2.75) is 39.3 Å². The van der Waals surface area contributed by atoms with Crippen LogP contribution in [-0.2, 0) is 4.79 Å². The Morgan fingerprint density at radius 3 is 2.80 bits per heavy atom. The van der Waals surface area contributed by atoms with E-state index in [0.717, 1.165) is 26.2 Å². The lowest BCUT2D eigenvalue weighted by Gasteiger charge is -2.41. The van der Waals surface area contributed by atoms with Gasteiger partial charge in [-0.1, -0.05) is 13.8 Å². The highest BCUT2D eigenvalue weighted by Gasteiger charge is 2.36. The van der Waals surface area contributed by atoms with E-state index in [1.165, 1.54) is 0 Å². The van der Waals surface area contributed by atoms with Crippen LogP contribution >= 0.6 is 0 Å². The van der Waals surface area contributed by atoms with Crippen molar-refractivity contribution >= 4 is 5.91 Å². The summed E-state index contributed by atoms with van der Waals surface area (Å²) >= 11 is 0. The van der Waals surface area contributed by atoms with Crippen LogP contribution in [-0.4, -0.2) is 48.6 Å². The fourth-order valence-corrected chi connectivity index (χ4v) is 1.82. The molecule has 1 aliphatic rings. The number of rotatable bonds is 4. The van der Waals surface area contributed by atoms with Gasteiger partial charge in [-0.25, -0.2) is 0 Å². The molecule has 1 heterocycles. The predicted molar refractivity (Wildman–Crippen MR) is 61.8 cm³/mol. The number of carbonyl (C=O) groups excluding carboxylic acids is 1. The lowest BCUT2D eigenvalue weighted by molar-refractivity contribution is -0.134. The summed E-state index contributed by atoms with van der Waals surface area (Å²) < 4.78 is 0. The van der Waals surface area contributed by atoms with E-state index in [4.69, 9.17) is 0 Å². The summed E-state index contributed by atoms with van der Waals surface area (Å²) in [6.07, 6.45) is 0. The third-order valence-corrected chi connectivity index (χ3v) is 2.95. The first-order valence-corrected chi connectivity index (χ1v) is 5.71. The second-order valence-corrected chi connectivity index (χ2v) is 4.91.